The van der Waals surface area contributed by atoms with Crippen molar-refractivity contribution in [1.82, 2.24) is 15.5 Å². The van der Waals surface area contributed by atoms with Gasteiger partial charge in [-0.25, -0.2) is 0 Å². The molecule has 0 radical (unpaired) electrons. The van der Waals surface area contributed by atoms with E-state index in [9.17, 15) is 4.79 Å². The highest BCUT2D eigenvalue weighted by Gasteiger charge is 2.17. The Morgan fingerprint density at radius 1 is 1.56 bits per heavy atom. The van der Waals surface area contributed by atoms with E-state index in [1.165, 1.54) is 12.8 Å². The Morgan fingerprint density at radius 2 is 2.31 bits per heavy atom. The number of nitrogens with zero attached hydrogens (tertiary/aromatic N) is 2. The van der Waals surface area contributed by atoms with Crippen molar-refractivity contribution in [3.05, 3.63) is 5.82 Å². The molecule has 2 rings (SSSR count). The summed E-state index contributed by atoms with van der Waals surface area (Å²) in [5.41, 5.74) is 0. The Hall–Kier alpha value is -1.59. The molecule has 0 aliphatic heterocycles. The lowest BCUT2D eigenvalue weighted by atomic mass is 10.2. The normalized spacial score (nSPS) is 16.3. The van der Waals surface area contributed by atoms with E-state index < -0.39 is 0 Å². The number of carbonyl (C=O) groups is 1. The molecule has 0 aromatic carbocycles. The van der Waals surface area contributed by atoms with Crippen molar-refractivity contribution in [2.75, 3.05) is 6.61 Å². The van der Waals surface area contributed by atoms with Crippen LogP contribution < -0.4 is 10.1 Å². The van der Waals surface area contributed by atoms with Gasteiger partial charge >= 0.3 is 6.08 Å². The third-order valence-electron chi connectivity index (χ3n) is 2.56. The quantitative estimate of drug-likeness (QED) is 0.820. The van der Waals surface area contributed by atoms with Crippen molar-refractivity contribution in [2.45, 2.75) is 38.6 Å². The summed E-state index contributed by atoms with van der Waals surface area (Å²) in [6, 6.07) is 0.306. The lowest BCUT2D eigenvalue weighted by Crippen LogP contribution is -2.36. The molecule has 1 aromatic heterocycles. The van der Waals surface area contributed by atoms with E-state index in [2.05, 4.69) is 15.5 Å². The van der Waals surface area contributed by atoms with Crippen LogP contribution >= 0.6 is 0 Å². The number of rotatable bonds is 4. The predicted molar refractivity (Wildman–Crippen MR) is 54.9 cm³/mol. The zero-order chi connectivity index (χ0) is 11.4. The standard InChI is InChI=1S/C10H15N3O3/c1-7-11-10(16-13-7)15-6-9(14)12-8-4-2-3-5-8/h8H,2-6H2,1H3,(H,12,14). The molecule has 0 spiro atoms. The van der Waals surface area contributed by atoms with Crippen LogP contribution in [0.3, 0.4) is 0 Å². The van der Waals surface area contributed by atoms with Crippen molar-refractivity contribution in [2.24, 2.45) is 0 Å². The van der Waals surface area contributed by atoms with Crippen LogP contribution in [-0.4, -0.2) is 28.7 Å². The van der Waals surface area contributed by atoms with Gasteiger partial charge in [0.15, 0.2) is 12.4 Å². The van der Waals surface area contributed by atoms with Crippen LogP contribution in [0.2, 0.25) is 0 Å². The first-order chi connectivity index (χ1) is 7.74. The summed E-state index contributed by atoms with van der Waals surface area (Å²) < 4.78 is 9.77. The Bertz CT molecular complexity index is 358. The number of ether oxygens (including phenoxy) is 1. The molecule has 1 N–H and O–H groups in total. The number of nitrogens with one attached hydrogen (secondary N) is 1. The third-order valence-corrected chi connectivity index (χ3v) is 2.56. The van der Waals surface area contributed by atoms with Crippen molar-refractivity contribution >= 4 is 5.91 Å². The monoisotopic (exact) mass is 225 g/mol. The molecule has 1 saturated carbocycles. The highest BCUT2D eigenvalue weighted by atomic mass is 16.6. The average molecular weight is 225 g/mol. The molecule has 0 saturated heterocycles. The lowest BCUT2D eigenvalue weighted by Gasteiger charge is -2.10. The number of aromatic nitrogens is 2. The summed E-state index contributed by atoms with van der Waals surface area (Å²) in [5.74, 6) is 0.356. The maximum atomic E-state index is 11.5. The molecule has 0 bridgehead atoms. The van der Waals surface area contributed by atoms with Gasteiger partial charge in [-0.05, 0) is 19.8 Å². The number of hydrogen-bond donors (Lipinski definition) is 1. The van der Waals surface area contributed by atoms with Gasteiger partial charge in [-0.1, -0.05) is 18.0 Å². The zero-order valence-electron chi connectivity index (χ0n) is 9.23. The van der Waals surface area contributed by atoms with Crippen LogP contribution in [0, 0.1) is 6.92 Å². The molecular formula is C10H15N3O3. The van der Waals surface area contributed by atoms with E-state index in [0.29, 0.717) is 11.9 Å². The molecule has 1 aliphatic carbocycles. The van der Waals surface area contributed by atoms with E-state index >= 15 is 0 Å². The number of amides is 1. The number of aryl methyl sites for hydroxylation is 1. The second kappa shape index (κ2) is 4.96. The SMILES string of the molecule is Cc1noc(OCC(=O)NC2CCCC2)n1. The van der Waals surface area contributed by atoms with Crippen LogP contribution in [0.4, 0.5) is 0 Å². The second-order valence-electron chi connectivity index (χ2n) is 3.95. The van der Waals surface area contributed by atoms with Gasteiger partial charge in [0.25, 0.3) is 5.91 Å². The topological polar surface area (TPSA) is 77.2 Å². The maximum Gasteiger partial charge on any atom is 0.417 e. The van der Waals surface area contributed by atoms with Gasteiger partial charge in [-0.3, -0.25) is 9.32 Å². The minimum atomic E-state index is -0.136. The molecule has 16 heavy (non-hydrogen) atoms. The minimum absolute atomic E-state index is 0.0408. The van der Waals surface area contributed by atoms with Crippen LogP contribution in [0.15, 0.2) is 4.52 Å². The summed E-state index contributed by atoms with van der Waals surface area (Å²) >= 11 is 0. The van der Waals surface area contributed by atoms with Crippen LogP contribution in [0.1, 0.15) is 31.5 Å². The predicted octanol–water partition coefficient (Wildman–Crippen LogP) is 0.816. The van der Waals surface area contributed by atoms with Gasteiger partial charge in [-0.15, -0.1) is 0 Å². The van der Waals surface area contributed by atoms with Gasteiger partial charge < -0.3 is 10.1 Å². The largest absolute Gasteiger partial charge is 0.439 e. The van der Waals surface area contributed by atoms with E-state index in [1.54, 1.807) is 6.92 Å². The smallest absolute Gasteiger partial charge is 0.417 e. The fourth-order valence-electron chi connectivity index (χ4n) is 1.80. The maximum absolute atomic E-state index is 11.5. The molecule has 6 nitrogen and oxygen atoms in total. The summed E-state index contributed by atoms with van der Waals surface area (Å²) in [6.45, 7) is 1.62. The van der Waals surface area contributed by atoms with Crippen LogP contribution in [0.25, 0.3) is 0 Å². The van der Waals surface area contributed by atoms with Crippen LogP contribution in [0.5, 0.6) is 6.08 Å². The van der Waals surface area contributed by atoms with Crippen molar-refractivity contribution in [3.63, 3.8) is 0 Å². The summed E-state index contributed by atoms with van der Waals surface area (Å²) in [7, 11) is 0. The first-order valence-electron chi connectivity index (χ1n) is 5.46. The highest BCUT2D eigenvalue weighted by Crippen LogP contribution is 2.17. The van der Waals surface area contributed by atoms with Gasteiger partial charge in [0.2, 0.25) is 0 Å². The molecule has 1 aliphatic rings. The summed E-state index contributed by atoms with van der Waals surface area (Å²) in [4.78, 5) is 15.3. The molecule has 1 fully saturated rings. The molecule has 1 amide bonds. The fourth-order valence-corrected chi connectivity index (χ4v) is 1.80. The van der Waals surface area contributed by atoms with E-state index in [4.69, 9.17) is 9.26 Å². The summed E-state index contributed by atoms with van der Waals surface area (Å²) in [6.07, 6.45) is 4.54. The van der Waals surface area contributed by atoms with Gasteiger partial charge in [-0.2, -0.15) is 4.98 Å². The van der Waals surface area contributed by atoms with Crippen molar-refractivity contribution in [3.8, 4) is 6.08 Å². The minimum Gasteiger partial charge on any atom is -0.439 e. The molecule has 1 aromatic rings. The van der Waals surface area contributed by atoms with Crippen molar-refractivity contribution in [1.29, 1.82) is 0 Å². The summed E-state index contributed by atoms with van der Waals surface area (Å²) in [5, 5.41) is 6.46. The lowest BCUT2D eigenvalue weighted by molar-refractivity contribution is -0.124. The average Bonchev–Trinajstić information content (AvgIpc) is 2.87. The van der Waals surface area contributed by atoms with Crippen molar-refractivity contribution < 1.29 is 14.1 Å². The first-order valence-corrected chi connectivity index (χ1v) is 5.46. The number of hydrogen-bond acceptors (Lipinski definition) is 5. The van der Waals surface area contributed by atoms with Gasteiger partial charge in [0, 0.05) is 6.04 Å². The second-order valence-corrected chi connectivity index (χ2v) is 3.95. The Kier molecular flexibility index (Phi) is 3.38. The first kappa shape index (κ1) is 10.9. The number of carbonyl (C=O) groups excluding carboxylic acids is 1. The van der Waals surface area contributed by atoms with Gasteiger partial charge in [0.1, 0.15) is 0 Å². The van der Waals surface area contributed by atoms with Crippen LogP contribution in [-0.2, 0) is 4.79 Å². The molecular weight excluding hydrogens is 210 g/mol. The Labute approximate surface area is 93.4 Å². The molecule has 1 heterocycles. The molecule has 88 valence electrons. The van der Waals surface area contributed by atoms with E-state index in [1.807, 2.05) is 0 Å². The van der Waals surface area contributed by atoms with E-state index in [0.717, 1.165) is 12.8 Å². The zero-order valence-corrected chi connectivity index (χ0v) is 9.23. The van der Waals surface area contributed by atoms with E-state index in [-0.39, 0.29) is 18.6 Å². The molecule has 0 unspecified atom stereocenters. The fraction of sp³-hybridized carbons (Fsp3) is 0.700. The molecule has 6 heteroatoms. The van der Waals surface area contributed by atoms with Gasteiger partial charge in [0.05, 0.1) is 0 Å². The Balaban J connectivity index is 1.71. The third kappa shape index (κ3) is 2.95. The molecule has 0 atom stereocenters. The highest BCUT2D eigenvalue weighted by molar-refractivity contribution is 5.77. The Morgan fingerprint density at radius 3 is 2.94 bits per heavy atom.